The van der Waals surface area contributed by atoms with Gasteiger partial charge in [-0.1, -0.05) is 60.7 Å². The van der Waals surface area contributed by atoms with Gasteiger partial charge in [-0.05, 0) is 11.6 Å². The molecule has 0 aliphatic carbocycles. The van der Waals surface area contributed by atoms with Crippen LogP contribution in [0.1, 0.15) is 0 Å². The number of methoxy groups -OCH3 is 1. The minimum atomic E-state index is -0.286. The number of rotatable bonds is 3. The molecular formula is C22H18N2O2. The molecule has 0 fully saturated rings. The van der Waals surface area contributed by atoms with Gasteiger partial charge in [0.05, 0.1) is 18.3 Å². The summed E-state index contributed by atoms with van der Waals surface area (Å²) in [6.07, 6.45) is 0. The van der Waals surface area contributed by atoms with E-state index in [1.54, 1.807) is 18.7 Å². The van der Waals surface area contributed by atoms with E-state index in [9.17, 15) is 4.79 Å². The van der Waals surface area contributed by atoms with Crippen molar-refractivity contribution in [2.45, 2.75) is 0 Å². The predicted molar refractivity (Wildman–Crippen MR) is 104 cm³/mol. The van der Waals surface area contributed by atoms with Gasteiger partial charge in [0, 0.05) is 29.6 Å². The van der Waals surface area contributed by atoms with Gasteiger partial charge in [0.2, 0.25) is 0 Å². The van der Waals surface area contributed by atoms with Crippen molar-refractivity contribution in [3.05, 3.63) is 83.3 Å². The van der Waals surface area contributed by atoms with Crippen molar-refractivity contribution in [3.8, 4) is 28.1 Å². The van der Waals surface area contributed by atoms with E-state index in [-0.39, 0.29) is 5.69 Å². The largest absolute Gasteiger partial charge is 0.496 e. The molecule has 0 N–H and O–H groups in total. The van der Waals surface area contributed by atoms with Gasteiger partial charge >= 0.3 is 5.69 Å². The first-order valence-electron chi connectivity index (χ1n) is 8.38. The van der Waals surface area contributed by atoms with E-state index in [1.807, 2.05) is 66.7 Å². The smallest absolute Gasteiger partial charge is 0.348 e. The van der Waals surface area contributed by atoms with Gasteiger partial charge in [0.25, 0.3) is 0 Å². The Morgan fingerprint density at radius 1 is 0.885 bits per heavy atom. The maximum absolute atomic E-state index is 12.4. The number of fused-ring (bicyclic) bond motifs is 1. The highest BCUT2D eigenvalue weighted by molar-refractivity contribution is 5.97. The zero-order valence-electron chi connectivity index (χ0n) is 14.6. The van der Waals surface area contributed by atoms with E-state index in [4.69, 9.17) is 4.74 Å². The molecule has 0 amide bonds. The Kier molecular flexibility index (Phi) is 4.01. The number of hydrogen-bond donors (Lipinski definition) is 0. The zero-order chi connectivity index (χ0) is 18.1. The molecule has 128 valence electrons. The first-order valence-corrected chi connectivity index (χ1v) is 8.38. The average molecular weight is 342 g/mol. The first kappa shape index (κ1) is 16.1. The summed E-state index contributed by atoms with van der Waals surface area (Å²) in [7, 11) is 3.37. The third-order valence-electron chi connectivity index (χ3n) is 4.56. The molecule has 0 saturated heterocycles. The maximum Gasteiger partial charge on any atom is 0.348 e. The molecular weight excluding hydrogens is 324 g/mol. The molecule has 4 heteroatoms. The highest BCUT2D eigenvalue weighted by atomic mass is 16.5. The van der Waals surface area contributed by atoms with Crippen LogP contribution < -0.4 is 10.4 Å². The summed E-state index contributed by atoms with van der Waals surface area (Å²) in [6.45, 7) is 0. The Labute approximate surface area is 151 Å². The van der Waals surface area contributed by atoms with E-state index in [1.165, 1.54) is 0 Å². The normalized spacial score (nSPS) is 10.8. The van der Waals surface area contributed by atoms with E-state index >= 15 is 0 Å². The molecule has 0 atom stereocenters. The van der Waals surface area contributed by atoms with Crippen molar-refractivity contribution in [2.75, 3.05) is 7.11 Å². The monoisotopic (exact) mass is 342 g/mol. The van der Waals surface area contributed by atoms with Crippen LogP contribution in [0, 0.1) is 0 Å². The summed E-state index contributed by atoms with van der Waals surface area (Å²) >= 11 is 0. The molecule has 4 aromatic rings. The Morgan fingerprint density at radius 2 is 1.50 bits per heavy atom. The summed E-state index contributed by atoms with van der Waals surface area (Å²) < 4.78 is 7.17. The number of hydrogen-bond acceptors (Lipinski definition) is 3. The van der Waals surface area contributed by atoms with Crippen molar-refractivity contribution in [1.29, 1.82) is 0 Å². The van der Waals surface area contributed by atoms with Gasteiger partial charge in [-0.25, -0.2) is 4.79 Å². The fourth-order valence-electron chi connectivity index (χ4n) is 3.20. The molecule has 0 bridgehead atoms. The molecule has 1 aromatic heterocycles. The third kappa shape index (κ3) is 2.65. The molecule has 0 spiro atoms. The van der Waals surface area contributed by atoms with Gasteiger partial charge in [0.15, 0.2) is 0 Å². The van der Waals surface area contributed by atoms with Crippen molar-refractivity contribution < 1.29 is 4.74 Å². The lowest BCUT2D eigenvalue weighted by Crippen LogP contribution is -2.21. The summed E-state index contributed by atoms with van der Waals surface area (Å²) in [4.78, 5) is 16.7. The fourth-order valence-corrected chi connectivity index (χ4v) is 3.20. The molecule has 4 rings (SSSR count). The topological polar surface area (TPSA) is 44.1 Å². The third-order valence-corrected chi connectivity index (χ3v) is 4.56. The van der Waals surface area contributed by atoms with E-state index in [0.717, 1.165) is 33.3 Å². The molecule has 26 heavy (non-hydrogen) atoms. The fraction of sp³-hybridized carbons (Fsp3) is 0.0909. The predicted octanol–water partition coefficient (Wildman–Crippen LogP) is 4.28. The first-order chi connectivity index (χ1) is 12.7. The van der Waals surface area contributed by atoms with E-state index in [2.05, 4.69) is 11.1 Å². The standard InChI is InChI=1S/C22H18N2O2/c1-24-19-14-20(26-2)17(15-9-5-3-6-10-15)13-18(19)21(23-22(24)25)16-11-7-4-8-12-16/h3-14H,1-2H3. The van der Waals surface area contributed by atoms with E-state index in [0.29, 0.717) is 5.69 Å². The number of ether oxygens (including phenoxy) is 1. The van der Waals surface area contributed by atoms with Crippen LogP contribution in [-0.2, 0) is 7.05 Å². The molecule has 0 saturated carbocycles. The summed E-state index contributed by atoms with van der Waals surface area (Å²) in [6, 6.07) is 23.8. The lowest BCUT2D eigenvalue weighted by Gasteiger charge is -2.15. The molecule has 0 aliphatic heterocycles. The number of benzene rings is 3. The average Bonchev–Trinajstić information content (AvgIpc) is 2.71. The summed E-state index contributed by atoms with van der Waals surface area (Å²) in [5.41, 5.74) is 4.13. The van der Waals surface area contributed by atoms with Gasteiger partial charge in [-0.3, -0.25) is 4.57 Å². The second-order valence-corrected chi connectivity index (χ2v) is 6.10. The second-order valence-electron chi connectivity index (χ2n) is 6.10. The number of aromatic nitrogens is 2. The van der Waals surface area contributed by atoms with Gasteiger partial charge in [-0.15, -0.1) is 0 Å². The molecule has 4 nitrogen and oxygen atoms in total. The molecule has 0 aliphatic rings. The van der Waals surface area contributed by atoms with Crippen LogP contribution in [0.15, 0.2) is 77.6 Å². The number of nitrogens with zero attached hydrogens (tertiary/aromatic N) is 2. The van der Waals surface area contributed by atoms with Gasteiger partial charge in [-0.2, -0.15) is 4.98 Å². The van der Waals surface area contributed by atoms with Crippen molar-refractivity contribution in [3.63, 3.8) is 0 Å². The second kappa shape index (κ2) is 6.48. The Balaban J connectivity index is 2.11. The number of aryl methyl sites for hydroxylation is 1. The van der Waals surface area contributed by atoms with Crippen LogP contribution >= 0.6 is 0 Å². The van der Waals surface area contributed by atoms with Gasteiger partial charge < -0.3 is 4.74 Å². The Morgan fingerprint density at radius 3 is 2.12 bits per heavy atom. The van der Waals surface area contributed by atoms with Crippen LogP contribution in [0.25, 0.3) is 33.3 Å². The molecule has 1 heterocycles. The Bertz CT molecular complexity index is 1130. The van der Waals surface area contributed by atoms with Crippen LogP contribution in [0.5, 0.6) is 5.75 Å². The van der Waals surface area contributed by atoms with Crippen molar-refractivity contribution >= 4 is 10.9 Å². The Hall–Kier alpha value is -3.40. The molecule has 0 unspecified atom stereocenters. The molecule has 0 radical (unpaired) electrons. The lowest BCUT2D eigenvalue weighted by atomic mass is 9.99. The van der Waals surface area contributed by atoms with Crippen LogP contribution in [-0.4, -0.2) is 16.7 Å². The highest BCUT2D eigenvalue weighted by Crippen LogP contribution is 2.36. The van der Waals surface area contributed by atoms with Crippen LogP contribution in [0.4, 0.5) is 0 Å². The highest BCUT2D eigenvalue weighted by Gasteiger charge is 2.15. The maximum atomic E-state index is 12.4. The minimum absolute atomic E-state index is 0.286. The van der Waals surface area contributed by atoms with Crippen molar-refractivity contribution in [1.82, 2.24) is 9.55 Å². The van der Waals surface area contributed by atoms with Crippen LogP contribution in [0.3, 0.4) is 0 Å². The molecule has 3 aromatic carbocycles. The summed E-state index contributed by atoms with van der Waals surface area (Å²) in [5.74, 6) is 0.726. The zero-order valence-corrected chi connectivity index (χ0v) is 14.6. The minimum Gasteiger partial charge on any atom is -0.496 e. The quantitative estimate of drug-likeness (QED) is 0.558. The van der Waals surface area contributed by atoms with Crippen LogP contribution in [0.2, 0.25) is 0 Å². The van der Waals surface area contributed by atoms with Gasteiger partial charge in [0.1, 0.15) is 5.75 Å². The summed E-state index contributed by atoms with van der Waals surface area (Å²) in [5, 5.41) is 0.915. The van der Waals surface area contributed by atoms with Crippen molar-refractivity contribution in [2.24, 2.45) is 7.05 Å². The van der Waals surface area contributed by atoms with E-state index < -0.39 is 0 Å². The SMILES string of the molecule is COc1cc2c(cc1-c1ccccc1)c(-c1ccccc1)nc(=O)n2C. The lowest BCUT2D eigenvalue weighted by molar-refractivity contribution is 0.417.